The fraction of sp³-hybridized carbons (Fsp3) is 0.182. The van der Waals surface area contributed by atoms with Crippen molar-refractivity contribution < 1.29 is 14.3 Å². The van der Waals surface area contributed by atoms with Crippen LogP contribution in [-0.4, -0.2) is 36.1 Å². The van der Waals surface area contributed by atoms with Gasteiger partial charge in [0.2, 0.25) is 5.96 Å². The van der Waals surface area contributed by atoms with Crippen molar-refractivity contribution in [2.75, 3.05) is 19.5 Å². The number of amides is 1. The summed E-state index contributed by atoms with van der Waals surface area (Å²) in [5, 5.41) is 5.88. The van der Waals surface area contributed by atoms with E-state index in [4.69, 9.17) is 9.47 Å². The van der Waals surface area contributed by atoms with E-state index < -0.39 is 0 Å². The Bertz CT molecular complexity index is 1050. The van der Waals surface area contributed by atoms with E-state index in [2.05, 4.69) is 25.6 Å². The van der Waals surface area contributed by atoms with E-state index in [1.165, 1.54) is 0 Å². The first-order valence-corrected chi connectivity index (χ1v) is 9.25. The second kappa shape index (κ2) is 9.51. The Morgan fingerprint density at radius 3 is 2.27 bits per heavy atom. The highest BCUT2D eigenvalue weighted by atomic mass is 16.5. The minimum absolute atomic E-state index is 0.153. The first-order valence-electron chi connectivity index (χ1n) is 9.25. The summed E-state index contributed by atoms with van der Waals surface area (Å²) in [4.78, 5) is 25.8. The first-order chi connectivity index (χ1) is 14.5. The van der Waals surface area contributed by atoms with Gasteiger partial charge in [-0.1, -0.05) is 18.2 Å². The number of ether oxygens (including phenoxy) is 2. The Morgan fingerprint density at radius 2 is 1.63 bits per heavy atom. The molecule has 2 N–H and O–H groups in total. The van der Waals surface area contributed by atoms with E-state index in [-0.39, 0.29) is 17.8 Å². The molecule has 0 saturated heterocycles. The molecule has 0 spiro atoms. The zero-order valence-electron chi connectivity index (χ0n) is 17.3. The molecule has 0 unspecified atom stereocenters. The van der Waals surface area contributed by atoms with Crippen molar-refractivity contribution >= 4 is 23.5 Å². The molecule has 8 heteroatoms. The summed E-state index contributed by atoms with van der Waals surface area (Å²) in [6.45, 7) is 3.71. The summed E-state index contributed by atoms with van der Waals surface area (Å²) in [5.74, 6) is 1.23. The van der Waals surface area contributed by atoms with Gasteiger partial charge in [-0.25, -0.2) is 9.97 Å². The van der Waals surface area contributed by atoms with Gasteiger partial charge in [-0.05, 0) is 44.2 Å². The van der Waals surface area contributed by atoms with Crippen molar-refractivity contribution in [3.63, 3.8) is 0 Å². The highest BCUT2D eigenvalue weighted by Crippen LogP contribution is 2.29. The molecule has 1 aromatic heterocycles. The third-order valence-corrected chi connectivity index (χ3v) is 4.11. The highest BCUT2D eigenvalue weighted by molar-refractivity contribution is 6.10. The number of nitrogens with one attached hydrogen (secondary N) is 2. The molecule has 3 rings (SSSR count). The molecule has 0 atom stereocenters. The second-order valence-electron chi connectivity index (χ2n) is 6.42. The standard InChI is InChI=1S/C22H23N5O3/c1-14-12-15(2)24-21(23-14)27-22(26-20(28)16-8-6-5-7-9-16)25-18-13-17(29-3)10-11-19(18)30-4/h5-13H,1-4H3,(H2,23,24,25,26,27,28). The molecule has 30 heavy (non-hydrogen) atoms. The second-order valence-corrected chi connectivity index (χ2v) is 6.42. The molecule has 0 aliphatic carbocycles. The zero-order chi connectivity index (χ0) is 21.5. The van der Waals surface area contributed by atoms with Crippen LogP contribution in [0.15, 0.2) is 59.6 Å². The average Bonchev–Trinajstić information content (AvgIpc) is 2.73. The summed E-state index contributed by atoms with van der Waals surface area (Å²) >= 11 is 0. The molecule has 0 bridgehead atoms. The third kappa shape index (κ3) is 5.32. The van der Waals surface area contributed by atoms with Crippen LogP contribution in [0.1, 0.15) is 21.7 Å². The predicted octanol–water partition coefficient (Wildman–Crippen LogP) is 3.64. The lowest BCUT2D eigenvalue weighted by atomic mass is 10.2. The fourth-order valence-corrected chi connectivity index (χ4v) is 2.75. The number of benzene rings is 2. The summed E-state index contributed by atoms with van der Waals surface area (Å²) in [6.07, 6.45) is 0. The van der Waals surface area contributed by atoms with Crippen LogP contribution in [0.4, 0.5) is 11.6 Å². The van der Waals surface area contributed by atoms with Crippen LogP contribution in [0.3, 0.4) is 0 Å². The summed E-state index contributed by atoms with van der Waals surface area (Å²) in [7, 11) is 3.13. The quantitative estimate of drug-likeness (QED) is 0.497. The van der Waals surface area contributed by atoms with Crippen LogP contribution in [-0.2, 0) is 0 Å². The number of nitrogens with zero attached hydrogens (tertiary/aromatic N) is 3. The molecule has 0 aliphatic heterocycles. The molecule has 1 heterocycles. The minimum Gasteiger partial charge on any atom is -0.497 e. The van der Waals surface area contributed by atoms with Crippen LogP contribution in [0.25, 0.3) is 0 Å². The molecule has 1 amide bonds. The SMILES string of the molecule is COc1ccc(OC)c(NC(=Nc2nc(C)cc(C)n2)NC(=O)c2ccccc2)c1. The van der Waals surface area contributed by atoms with Gasteiger partial charge in [-0.3, -0.25) is 10.1 Å². The maximum Gasteiger partial charge on any atom is 0.257 e. The van der Waals surface area contributed by atoms with Crippen LogP contribution < -0.4 is 20.1 Å². The van der Waals surface area contributed by atoms with Gasteiger partial charge in [0.25, 0.3) is 11.9 Å². The van der Waals surface area contributed by atoms with Crippen molar-refractivity contribution in [3.8, 4) is 11.5 Å². The number of hydrogen-bond acceptors (Lipinski definition) is 6. The molecule has 154 valence electrons. The van der Waals surface area contributed by atoms with Crippen molar-refractivity contribution in [2.24, 2.45) is 4.99 Å². The Morgan fingerprint density at radius 1 is 0.933 bits per heavy atom. The number of rotatable bonds is 5. The van der Waals surface area contributed by atoms with Crippen molar-refractivity contribution in [1.29, 1.82) is 0 Å². The van der Waals surface area contributed by atoms with E-state index in [0.717, 1.165) is 11.4 Å². The molecule has 8 nitrogen and oxygen atoms in total. The van der Waals surface area contributed by atoms with Gasteiger partial charge < -0.3 is 14.8 Å². The lowest BCUT2D eigenvalue weighted by molar-refractivity contribution is 0.0977. The predicted molar refractivity (Wildman–Crippen MR) is 116 cm³/mol. The highest BCUT2D eigenvalue weighted by Gasteiger charge is 2.13. The Labute approximate surface area is 175 Å². The Kier molecular flexibility index (Phi) is 6.59. The molecule has 0 saturated carbocycles. The van der Waals surface area contributed by atoms with Gasteiger partial charge >= 0.3 is 0 Å². The summed E-state index contributed by atoms with van der Waals surface area (Å²) < 4.78 is 10.7. The number of aromatic nitrogens is 2. The topological polar surface area (TPSA) is 97.7 Å². The minimum atomic E-state index is -0.326. The normalized spacial score (nSPS) is 11.0. The molecule has 2 aromatic carbocycles. The molecule has 3 aromatic rings. The first kappa shape index (κ1) is 20.8. The number of methoxy groups -OCH3 is 2. The van der Waals surface area contributed by atoms with Gasteiger partial charge in [0, 0.05) is 23.0 Å². The van der Waals surface area contributed by atoms with E-state index in [9.17, 15) is 4.79 Å². The zero-order valence-corrected chi connectivity index (χ0v) is 17.3. The number of carbonyl (C=O) groups excluding carboxylic acids is 1. The number of anilines is 1. The van der Waals surface area contributed by atoms with Gasteiger partial charge in [-0.15, -0.1) is 0 Å². The number of carbonyl (C=O) groups is 1. The molecular weight excluding hydrogens is 382 g/mol. The van der Waals surface area contributed by atoms with E-state index in [1.54, 1.807) is 56.7 Å². The Hall–Kier alpha value is -3.94. The van der Waals surface area contributed by atoms with Crippen LogP contribution >= 0.6 is 0 Å². The maximum absolute atomic E-state index is 12.7. The fourth-order valence-electron chi connectivity index (χ4n) is 2.75. The van der Waals surface area contributed by atoms with Crippen molar-refractivity contribution in [2.45, 2.75) is 13.8 Å². The number of aliphatic imine (C=N–C) groups is 1. The summed E-state index contributed by atoms with van der Waals surface area (Å²) in [5.41, 5.74) is 2.60. The molecule has 0 fully saturated rings. The van der Waals surface area contributed by atoms with E-state index in [1.807, 2.05) is 26.0 Å². The monoisotopic (exact) mass is 405 g/mol. The van der Waals surface area contributed by atoms with E-state index in [0.29, 0.717) is 22.7 Å². The third-order valence-electron chi connectivity index (χ3n) is 4.11. The number of hydrogen-bond donors (Lipinski definition) is 2. The van der Waals surface area contributed by atoms with Gasteiger partial charge in [0.15, 0.2) is 0 Å². The molecule has 0 aliphatic rings. The maximum atomic E-state index is 12.7. The molecule has 0 radical (unpaired) electrons. The van der Waals surface area contributed by atoms with Gasteiger partial charge in [0.05, 0.1) is 19.9 Å². The number of aryl methyl sites for hydroxylation is 2. The lowest BCUT2D eigenvalue weighted by Gasteiger charge is -2.15. The van der Waals surface area contributed by atoms with Gasteiger partial charge in [-0.2, -0.15) is 4.99 Å². The van der Waals surface area contributed by atoms with Gasteiger partial charge in [0.1, 0.15) is 11.5 Å². The Balaban J connectivity index is 1.99. The average molecular weight is 405 g/mol. The van der Waals surface area contributed by atoms with Crippen LogP contribution in [0.2, 0.25) is 0 Å². The smallest absolute Gasteiger partial charge is 0.257 e. The number of guanidine groups is 1. The molecular formula is C22H23N5O3. The van der Waals surface area contributed by atoms with Crippen LogP contribution in [0.5, 0.6) is 11.5 Å². The van der Waals surface area contributed by atoms with Crippen molar-refractivity contribution in [1.82, 2.24) is 15.3 Å². The lowest BCUT2D eigenvalue weighted by Crippen LogP contribution is -2.36. The summed E-state index contributed by atoms with van der Waals surface area (Å²) in [6, 6.07) is 16.0. The largest absolute Gasteiger partial charge is 0.497 e. The van der Waals surface area contributed by atoms with Crippen molar-refractivity contribution in [3.05, 3.63) is 71.5 Å². The van der Waals surface area contributed by atoms with E-state index >= 15 is 0 Å². The van der Waals surface area contributed by atoms with Crippen LogP contribution in [0, 0.1) is 13.8 Å².